The highest BCUT2D eigenvalue weighted by Gasteiger charge is 2.20. The highest BCUT2D eigenvalue weighted by Crippen LogP contribution is 2.24. The van der Waals surface area contributed by atoms with Crippen molar-refractivity contribution < 1.29 is 22.7 Å². The lowest BCUT2D eigenvalue weighted by molar-refractivity contribution is 0.231. The molecule has 0 saturated heterocycles. The van der Waals surface area contributed by atoms with Crippen molar-refractivity contribution in [3.05, 3.63) is 70.8 Å². The topological polar surface area (TPSA) is 32.3 Å². The van der Waals surface area contributed by atoms with Crippen molar-refractivity contribution >= 4 is 0 Å². The Hall–Kier alpha value is -1.92. The van der Waals surface area contributed by atoms with Gasteiger partial charge < -0.3 is 10.4 Å². The average molecular weight is 327 g/mol. The van der Waals surface area contributed by atoms with Crippen LogP contribution in [0.25, 0.3) is 0 Å². The molecule has 0 heterocycles. The molecule has 2 unspecified atom stereocenters. The number of benzene rings is 2. The zero-order valence-corrected chi connectivity index (χ0v) is 12.5. The molecule has 2 atom stereocenters. The molecule has 0 aliphatic carbocycles. The molecule has 2 aromatic carbocycles. The van der Waals surface area contributed by atoms with Crippen LogP contribution in [0.2, 0.25) is 0 Å². The molecule has 0 aromatic heterocycles. The Morgan fingerprint density at radius 2 is 1.48 bits per heavy atom. The van der Waals surface area contributed by atoms with E-state index in [1.165, 1.54) is 12.1 Å². The van der Waals surface area contributed by atoms with Gasteiger partial charge >= 0.3 is 0 Å². The largest absolute Gasteiger partial charge is 0.394 e. The third kappa shape index (κ3) is 4.09. The van der Waals surface area contributed by atoms with E-state index in [1.54, 1.807) is 12.1 Å². The summed E-state index contributed by atoms with van der Waals surface area (Å²) in [6.45, 7) is 1.45. The number of hydrogen-bond acceptors (Lipinski definition) is 2. The fourth-order valence-electron chi connectivity index (χ4n) is 2.42. The van der Waals surface area contributed by atoms with Crippen molar-refractivity contribution in [1.29, 1.82) is 0 Å². The maximum Gasteiger partial charge on any atom is 0.194 e. The lowest BCUT2D eigenvalue weighted by atomic mass is 10.0. The van der Waals surface area contributed by atoms with Gasteiger partial charge in [-0.2, -0.15) is 0 Å². The molecule has 2 rings (SSSR count). The maximum atomic E-state index is 13.4. The van der Waals surface area contributed by atoms with E-state index in [9.17, 15) is 22.7 Å². The molecule has 0 aliphatic heterocycles. The van der Waals surface area contributed by atoms with Gasteiger partial charge in [-0.3, -0.25) is 0 Å². The summed E-state index contributed by atoms with van der Waals surface area (Å²) in [5.41, 5.74) is 0.875. The normalized spacial score (nSPS) is 13.8. The molecule has 6 heteroatoms. The fourth-order valence-corrected chi connectivity index (χ4v) is 2.42. The summed E-state index contributed by atoms with van der Waals surface area (Å²) in [5, 5.41) is 12.6. The third-order valence-corrected chi connectivity index (χ3v) is 3.67. The van der Waals surface area contributed by atoms with Crippen molar-refractivity contribution in [3.63, 3.8) is 0 Å². The van der Waals surface area contributed by atoms with E-state index in [0.29, 0.717) is 6.42 Å². The molecular weight excluding hydrogens is 310 g/mol. The Morgan fingerprint density at radius 1 is 0.913 bits per heavy atom. The molecular formula is C17H17F4NO. The van der Waals surface area contributed by atoms with Gasteiger partial charge in [0.1, 0.15) is 5.82 Å². The van der Waals surface area contributed by atoms with Crippen molar-refractivity contribution in [2.75, 3.05) is 6.61 Å². The van der Waals surface area contributed by atoms with Crippen LogP contribution in [-0.4, -0.2) is 11.7 Å². The van der Waals surface area contributed by atoms with Gasteiger partial charge in [0, 0.05) is 6.04 Å². The number of rotatable bonds is 6. The summed E-state index contributed by atoms with van der Waals surface area (Å²) >= 11 is 0. The van der Waals surface area contributed by atoms with Gasteiger partial charge in [-0.25, -0.2) is 17.6 Å². The molecule has 0 bridgehead atoms. The lowest BCUT2D eigenvalue weighted by Gasteiger charge is -2.24. The highest BCUT2D eigenvalue weighted by atomic mass is 19.2. The van der Waals surface area contributed by atoms with Crippen LogP contribution in [0.5, 0.6) is 0 Å². The molecule has 2 aromatic rings. The molecule has 0 radical (unpaired) electrons. The van der Waals surface area contributed by atoms with E-state index in [-0.39, 0.29) is 17.4 Å². The third-order valence-electron chi connectivity index (χ3n) is 3.67. The predicted molar refractivity (Wildman–Crippen MR) is 78.7 cm³/mol. The molecule has 0 amide bonds. The van der Waals surface area contributed by atoms with Crippen molar-refractivity contribution in [3.8, 4) is 0 Å². The SMILES string of the molecule is CCC(NC(CO)c1cc(F)c(F)c(F)c1)c1ccc(F)cc1. The summed E-state index contributed by atoms with van der Waals surface area (Å²) in [6, 6.07) is 6.47. The zero-order chi connectivity index (χ0) is 17.0. The van der Waals surface area contributed by atoms with Gasteiger partial charge in [0.15, 0.2) is 17.5 Å². The quantitative estimate of drug-likeness (QED) is 0.620. The van der Waals surface area contributed by atoms with Crippen LogP contribution in [-0.2, 0) is 0 Å². The summed E-state index contributed by atoms with van der Waals surface area (Å²) in [4.78, 5) is 0. The van der Waals surface area contributed by atoms with Gasteiger partial charge in [0.2, 0.25) is 0 Å². The minimum atomic E-state index is -1.55. The van der Waals surface area contributed by atoms with Crippen LogP contribution in [0.15, 0.2) is 36.4 Å². The summed E-state index contributed by atoms with van der Waals surface area (Å²) in [7, 11) is 0. The second-order valence-corrected chi connectivity index (χ2v) is 5.21. The minimum absolute atomic E-state index is 0.101. The van der Waals surface area contributed by atoms with Crippen molar-refractivity contribution in [1.82, 2.24) is 5.32 Å². The van der Waals surface area contributed by atoms with Crippen LogP contribution in [0.3, 0.4) is 0 Å². The van der Waals surface area contributed by atoms with Crippen LogP contribution in [0.1, 0.15) is 36.6 Å². The number of aliphatic hydroxyl groups is 1. The van der Waals surface area contributed by atoms with Crippen LogP contribution < -0.4 is 5.32 Å². The molecule has 0 fully saturated rings. The molecule has 0 spiro atoms. The average Bonchev–Trinajstić information content (AvgIpc) is 2.54. The number of nitrogens with one attached hydrogen (secondary N) is 1. The van der Waals surface area contributed by atoms with E-state index in [1.807, 2.05) is 6.92 Å². The van der Waals surface area contributed by atoms with Crippen molar-refractivity contribution in [2.24, 2.45) is 0 Å². The number of hydrogen-bond donors (Lipinski definition) is 2. The van der Waals surface area contributed by atoms with E-state index in [4.69, 9.17) is 0 Å². The van der Waals surface area contributed by atoms with Gasteiger partial charge in [-0.1, -0.05) is 19.1 Å². The van der Waals surface area contributed by atoms with Crippen LogP contribution in [0, 0.1) is 23.3 Å². The first-order chi connectivity index (χ1) is 11.0. The summed E-state index contributed by atoms with van der Waals surface area (Å²) in [6.07, 6.45) is 0.605. The Labute approximate surface area is 131 Å². The molecule has 0 aliphatic rings. The van der Waals surface area contributed by atoms with Gasteiger partial charge in [-0.05, 0) is 41.8 Å². The smallest absolute Gasteiger partial charge is 0.194 e. The van der Waals surface area contributed by atoms with Crippen LogP contribution >= 0.6 is 0 Å². The second-order valence-electron chi connectivity index (χ2n) is 5.21. The molecule has 23 heavy (non-hydrogen) atoms. The Kier molecular flexibility index (Phi) is 5.74. The second kappa shape index (κ2) is 7.57. The van der Waals surface area contributed by atoms with Gasteiger partial charge in [0.05, 0.1) is 12.6 Å². The summed E-state index contributed by atoms with van der Waals surface area (Å²) < 4.78 is 52.8. The standard InChI is InChI=1S/C17H17F4NO/c1-2-15(10-3-5-12(18)6-4-10)22-16(9-23)11-7-13(19)17(21)14(20)8-11/h3-8,15-16,22-23H,2,9H2,1H3. The predicted octanol–water partition coefficient (Wildman–Crippen LogP) is 4.02. The highest BCUT2D eigenvalue weighted by molar-refractivity contribution is 5.25. The van der Waals surface area contributed by atoms with Crippen LogP contribution in [0.4, 0.5) is 17.6 Å². The lowest BCUT2D eigenvalue weighted by Crippen LogP contribution is -2.29. The number of halogens is 4. The van der Waals surface area contributed by atoms with Crippen molar-refractivity contribution in [2.45, 2.75) is 25.4 Å². The first-order valence-corrected chi connectivity index (χ1v) is 7.23. The Morgan fingerprint density at radius 3 is 1.96 bits per heavy atom. The van der Waals surface area contributed by atoms with E-state index < -0.39 is 30.1 Å². The first-order valence-electron chi connectivity index (χ1n) is 7.23. The Balaban J connectivity index is 2.25. The Bertz CT molecular complexity index is 637. The molecule has 2 N–H and O–H groups in total. The van der Waals surface area contributed by atoms with E-state index >= 15 is 0 Å². The van der Waals surface area contributed by atoms with Gasteiger partial charge in [0.25, 0.3) is 0 Å². The zero-order valence-electron chi connectivity index (χ0n) is 12.5. The number of aliphatic hydroxyl groups excluding tert-OH is 1. The molecule has 0 saturated carbocycles. The minimum Gasteiger partial charge on any atom is -0.394 e. The van der Waals surface area contributed by atoms with E-state index in [2.05, 4.69) is 5.32 Å². The summed E-state index contributed by atoms with van der Waals surface area (Å²) in [5.74, 6) is -4.54. The molecule has 2 nitrogen and oxygen atoms in total. The van der Waals surface area contributed by atoms with Gasteiger partial charge in [-0.15, -0.1) is 0 Å². The monoisotopic (exact) mass is 327 g/mol. The maximum absolute atomic E-state index is 13.4. The molecule has 124 valence electrons. The first kappa shape index (κ1) is 17.4. The fraction of sp³-hybridized carbons (Fsp3) is 0.294. The van der Waals surface area contributed by atoms with E-state index in [0.717, 1.165) is 17.7 Å².